The number of carbonyl (C=O) groups is 1. The molecule has 0 saturated heterocycles. The van der Waals surface area contributed by atoms with Gasteiger partial charge >= 0.3 is 5.97 Å². The largest absolute Gasteiger partial charge is 0.423 e. The maximum Gasteiger partial charge on any atom is 0.343 e. The van der Waals surface area contributed by atoms with Crippen LogP contribution in [0.25, 0.3) is 0 Å². The summed E-state index contributed by atoms with van der Waals surface area (Å²) in [6.07, 6.45) is 0. The minimum atomic E-state index is -3.79. The fourth-order valence-corrected chi connectivity index (χ4v) is 4.28. The van der Waals surface area contributed by atoms with E-state index in [0.717, 1.165) is 0 Å². The second-order valence-corrected chi connectivity index (χ2v) is 7.83. The Hall–Kier alpha value is -1.60. The molecule has 0 aliphatic rings. The van der Waals surface area contributed by atoms with E-state index in [1.165, 1.54) is 22.5 Å². The summed E-state index contributed by atoms with van der Waals surface area (Å²) < 4.78 is 31.8. The topological polar surface area (TPSA) is 63.7 Å². The summed E-state index contributed by atoms with van der Waals surface area (Å²) in [5.41, 5.74) is 0.0880. The van der Waals surface area contributed by atoms with Gasteiger partial charge in [0, 0.05) is 18.1 Å². The normalized spacial score (nSPS) is 11.6. The van der Waals surface area contributed by atoms with Crippen LogP contribution in [0.2, 0.25) is 10.0 Å². The third kappa shape index (κ3) is 4.52. The van der Waals surface area contributed by atoms with E-state index >= 15 is 0 Å². The van der Waals surface area contributed by atoms with Gasteiger partial charge in [-0.05, 0) is 42.5 Å². The molecular formula is C17H17Cl2NO4S. The summed E-state index contributed by atoms with van der Waals surface area (Å²) in [5, 5.41) is 0.564. The van der Waals surface area contributed by atoms with Crippen molar-refractivity contribution in [3.8, 4) is 5.75 Å². The molecule has 2 rings (SSSR count). The van der Waals surface area contributed by atoms with E-state index < -0.39 is 16.0 Å². The number of carbonyl (C=O) groups excluding carboxylic acids is 1. The molecule has 0 saturated carbocycles. The Bertz CT molecular complexity index is 863. The van der Waals surface area contributed by atoms with Gasteiger partial charge in [-0.3, -0.25) is 0 Å². The highest BCUT2D eigenvalue weighted by Gasteiger charge is 2.26. The van der Waals surface area contributed by atoms with Crippen molar-refractivity contribution in [2.45, 2.75) is 18.7 Å². The van der Waals surface area contributed by atoms with Crippen LogP contribution in [-0.4, -0.2) is 31.8 Å². The van der Waals surface area contributed by atoms with Crippen LogP contribution in [-0.2, 0) is 10.0 Å². The smallest absolute Gasteiger partial charge is 0.343 e. The van der Waals surface area contributed by atoms with Crippen LogP contribution >= 0.6 is 23.2 Å². The van der Waals surface area contributed by atoms with Crippen LogP contribution < -0.4 is 4.74 Å². The van der Waals surface area contributed by atoms with E-state index in [0.29, 0.717) is 23.9 Å². The zero-order valence-corrected chi connectivity index (χ0v) is 16.0. The number of sulfonamides is 1. The summed E-state index contributed by atoms with van der Waals surface area (Å²) in [7, 11) is -3.79. The molecule has 5 nitrogen and oxygen atoms in total. The molecule has 0 aliphatic carbocycles. The average molecular weight is 402 g/mol. The number of esters is 1. The van der Waals surface area contributed by atoms with Crippen molar-refractivity contribution in [3.05, 3.63) is 58.1 Å². The molecule has 0 unspecified atom stereocenters. The summed E-state index contributed by atoms with van der Waals surface area (Å²) >= 11 is 11.8. The van der Waals surface area contributed by atoms with Gasteiger partial charge in [0.05, 0.1) is 10.6 Å². The number of halogens is 2. The summed E-state index contributed by atoms with van der Waals surface area (Å²) in [6, 6.07) is 10.3. The standard InChI is InChI=1S/C17H17Cl2NO4S/c1-3-20(4-2)25(22,23)16-11-12(5-10-15(16)19)17(21)24-14-8-6-13(18)7-9-14/h5-11H,3-4H2,1-2H3. The predicted molar refractivity (Wildman–Crippen MR) is 98.0 cm³/mol. The summed E-state index contributed by atoms with van der Waals surface area (Å²) in [5.74, 6) is -0.382. The fourth-order valence-electron chi connectivity index (χ4n) is 2.20. The lowest BCUT2D eigenvalue weighted by molar-refractivity contribution is 0.0734. The molecular weight excluding hydrogens is 385 g/mol. The van der Waals surface area contributed by atoms with Crippen molar-refractivity contribution in [1.29, 1.82) is 0 Å². The van der Waals surface area contributed by atoms with Gasteiger partial charge in [-0.15, -0.1) is 0 Å². The van der Waals surface area contributed by atoms with Crippen molar-refractivity contribution in [3.63, 3.8) is 0 Å². The number of ether oxygens (including phenoxy) is 1. The van der Waals surface area contributed by atoms with Gasteiger partial charge in [-0.1, -0.05) is 37.0 Å². The first kappa shape index (κ1) is 19.7. The lowest BCUT2D eigenvalue weighted by Crippen LogP contribution is -2.31. The minimum absolute atomic E-state index is 0.0509. The molecule has 134 valence electrons. The van der Waals surface area contributed by atoms with E-state index in [9.17, 15) is 13.2 Å². The van der Waals surface area contributed by atoms with E-state index in [1.54, 1.807) is 38.1 Å². The quantitative estimate of drug-likeness (QED) is 0.536. The van der Waals surface area contributed by atoms with Crippen LogP contribution in [0.15, 0.2) is 47.4 Å². The van der Waals surface area contributed by atoms with Crippen LogP contribution in [0, 0.1) is 0 Å². The lowest BCUT2D eigenvalue weighted by atomic mass is 10.2. The molecule has 8 heteroatoms. The molecule has 0 heterocycles. The Balaban J connectivity index is 2.35. The van der Waals surface area contributed by atoms with Gasteiger partial charge in [-0.2, -0.15) is 4.31 Å². The first-order chi connectivity index (χ1) is 11.8. The van der Waals surface area contributed by atoms with Gasteiger partial charge in [0.25, 0.3) is 0 Å². The van der Waals surface area contributed by atoms with Crippen LogP contribution in [0.3, 0.4) is 0 Å². The molecule has 0 radical (unpaired) electrons. The summed E-state index contributed by atoms with van der Waals surface area (Å²) in [6.45, 7) is 4.06. The Morgan fingerprint density at radius 1 is 1.04 bits per heavy atom. The first-order valence-electron chi connectivity index (χ1n) is 7.57. The van der Waals surface area contributed by atoms with E-state index in [4.69, 9.17) is 27.9 Å². The highest BCUT2D eigenvalue weighted by molar-refractivity contribution is 7.89. The average Bonchev–Trinajstić information content (AvgIpc) is 2.58. The molecule has 2 aromatic carbocycles. The lowest BCUT2D eigenvalue weighted by Gasteiger charge is -2.19. The van der Waals surface area contributed by atoms with Crippen molar-refractivity contribution in [1.82, 2.24) is 4.31 Å². The van der Waals surface area contributed by atoms with E-state index in [1.807, 2.05) is 0 Å². The van der Waals surface area contributed by atoms with Gasteiger partial charge in [0.2, 0.25) is 10.0 Å². The molecule has 0 spiro atoms. The van der Waals surface area contributed by atoms with Crippen molar-refractivity contribution < 1.29 is 17.9 Å². The maximum atomic E-state index is 12.7. The monoisotopic (exact) mass is 401 g/mol. The molecule has 0 bridgehead atoms. The Labute approximate surface area is 157 Å². The van der Waals surface area contributed by atoms with Gasteiger partial charge < -0.3 is 4.74 Å². The zero-order valence-electron chi connectivity index (χ0n) is 13.7. The minimum Gasteiger partial charge on any atom is -0.423 e. The molecule has 0 atom stereocenters. The van der Waals surface area contributed by atoms with Crippen molar-refractivity contribution in [2.24, 2.45) is 0 Å². The third-order valence-electron chi connectivity index (χ3n) is 3.51. The van der Waals surface area contributed by atoms with Crippen LogP contribution in [0.1, 0.15) is 24.2 Å². The number of hydrogen-bond donors (Lipinski definition) is 0. The molecule has 0 fully saturated rings. The van der Waals surface area contributed by atoms with Gasteiger partial charge in [0.1, 0.15) is 10.6 Å². The van der Waals surface area contributed by atoms with E-state index in [2.05, 4.69) is 0 Å². The third-order valence-corrected chi connectivity index (χ3v) is 6.30. The Morgan fingerprint density at radius 3 is 2.20 bits per heavy atom. The number of hydrogen-bond acceptors (Lipinski definition) is 4. The van der Waals surface area contributed by atoms with Crippen molar-refractivity contribution in [2.75, 3.05) is 13.1 Å². The first-order valence-corrected chi connectivity index (χ1v) is 9.76. The molecule has 2 aromatic rings. The predicted octanol–water partition coefficient (Wildman–Crippen LogP) is 4.24. The molecule has 25 heavy (non-hydrogen) atoms. The zero-order chi connectivity index (χ0) is 18.6. The molecule has 0 aliphatic heterocycles. The number of rotatable bonds is 6. The summed E-state index contributed by atoms with van der Waals surface area (Å²) in [4.78, 5) is 12.2. The van der Waals surface area contributed by atoms with Gasteiger partial charge in [-0.25, -0.2) is 13.2 Å². The Morgan fingerprint density at radius 2 is 1.64 bits per heavy atom. The molecule has 0 N–H and O–H groups in total. The van der Waals surface area contributed by atoms with E-state index in [-0.39, 0.29) is 15.5 Å². The SMILES string of the molecule is CCN(CC)S(=O)(=O)c1cc(C(=O)Oc2ccc(Cl)cc2)ccc1Cl. The second kappa shape index (κ2) is 8.19. The molecule has 0 aromatic heterocycles. The van der Waals surface area contributed by atoms with Gasteiger partial charge in [0.15, 0.2) is 0 Å². The second-order valence-electron chi connectivity index (χ2n) is 5.08. The molecule has 0 amide bonds. The fraction of sp³-hybridized carbons (Fsp3) is 0.235. The number of benzene rings is 2. The van der Waals surface area contributed by atoms with Crippen LogP contribution in [0.4, 0.5) is 0 Å². The highest BCUT2D eigenvalue weighted by atomic mass is 35.5. The van der Waals surface area contributed by atoms with Crippen molar-refractivity contribution >= 4 is 39.2 Å². The number of nitrogens with zero attached hydrogens (tertiary/aromatic N) is 1. The Kier molecular flexibility index (Phi) is 6.46. The maximum absolute atomic E-state index is 12.7. The van der Waals surface area contributed by atoms with Crippen LogP contribution in [0.5, 0.6) is 5.75 Å². The highest BCUT2D eigenvalue weighted by Crippen LogP contribution is 2.26.